The Hall–Kier alpha value is -3.03. The van der Waals surface area contributed by atoms with E-state index in [1.54, 1.807) is 0 Å². The molecule has 27 heavy (non-hydrogen) atoms. The van der Waals surface area contributed by atoms with Crippen molar-refractivity contribution in [1.82, 2.24) is 0 Å². The van der Waals surface area contributed by atoms with Crippen molar-refractivity contribution in [3.63, 3.8) is 0 Å². The maximum absolute atomic E-state index is 4.26. The molecule has 0 N–H and O–H groups in total. The van der Waals surface area contributed by atoms with Crippen LogP contribution in [0.25, 0.3) is 22.3 Å². The Bertz CT molecular complexity index is 1200. The second kappa shape index (κ2) is 7.69. The summed E-state index contributed by atoms with van der Waals surface area (Å²) in [5.41, 5.74) is 0. The second-order valence-corrected chi connectivity index (χ2v) is 8.29. The molecule has 0 saturated heterocycles. The van der Waals surface area contributed by atoms with E-state index in [4.69, 9.17) is 0 Å². The van der Waals surface area contributed by atoms with E-state index in [2.05, 4.69) is 104 Å². The van der Waals surface area contributed by atoms with Crippen molar-refractivity contribution in [2.45, 2.75) is 9.79 Å². The van der Waals surface area contributed by atoms with Gasteiger partial charge in [0.05, 0.1) is 0 Å². The monoisotopic (exact) mass is 365 g/mol. The van der Waals surface area contributed by atoms with Crippen LogP contribution in [0.1, 0.15) is 0 Å². The zero-order valence-electron chi connectivity index (χ0n) is 15.1. The average molecular weight is 366 g/mol. The van der Waals surface area contributed by atoms with Crippen molar-refractivity contribution >= 4 is 33.2 Å². The maximum atomic E-state index is 4.26. The molecule has 4 rings (SSSR count). The number of rotatable bonds is 4. The lowest BCUT2D eigenvalue weighted by Crippen LogP contribution is -2.27. The molecule has 0 saturated carbocycles. The van der Waals surface area contributed by atoms with E-state index < -0.39 is 0 Å². The Morgan fingerprint density at radius 3 is 2.15 bits per heavy atom. The highest BCUT2D eigenvalue weighted by atomic mass is 32.2. The molecule has 0 nitrogen and oxygen atoms in total. The normalized spacial score (nSPS) is 13.2. The summed E-state index contributed by atoms with van der Waals surface area (Å²) in [6, 6.07) is 34.2. The smallest absolute Gasteiger partial charge is 0.0940 e. The third-order valence-electron chi connectivity index (χ3n) is 4.64. The molecule has 4 aromatic carbocycles. The van der Waals surface area contributed by atoms with Crippen LogP contribution in [0, 0.1) is 0 Å². The first-order chi connectivity index (χ1) is 13.3. The predicted molar refractivity (Wildman–Crippen MR) is 119 cm³/mol. The Morgan fingerprint density at radius 1 is 0.704 bits per heavy atom. The van der Waals surface area contributed by atoms with Gasteiger partial charge in [0.1, 0.15) is 10.9 Å². The number of hydrogen-bond acceptors (Lipinski definition) is 0. The molecule has 0 fully saturated rings. The van der Waals surface area contributed by atoms with Gasteiger partial charge in [0.25, 0.3) is 0 Å². The van der Waals surface area contributed by atoms with E-state index in [-0.39, 0.29) is 10.9 Å². The minimum absolute atomic E-state index is 0.266. The van der Waals surface area contributed by atoms with Crippen LogP contribution in [0.5, 0.6) is 0 Å². The van der Waals surface area contributed by atoms with Gasteiger partial charge in [0.15, 0.2) is 14.7 Å². The van der Waals surface area contributed by atoms with Crippen molar-refractivity contribution in [3.05, 3.63) is 120 Å². The molecule has 0 spiro atoms. The lowest BCUT2D eigenvalue weighted by Gasteiger charge is -2.11. The molecular weight excluding hydrogens is 344 g/mol. The lowest BCUT2D eigenvalue weighted by atomic mass is 10.1. The molecule has 0 aliphatic carbocycles. The van der Waals surface area contributed by atoms with Crippen LogP contribution in [0.3, 0.4) is 0 Å². The van der Waals surface area contributed by atoms with Crippen LogP contribution in [-0.2, 0) is 10.9 Å². The van der Waals surface area contributed by atoms with Crippen molar-refractivity contribution in [2.75, 3.05) is 0 Å². The molecule has 0 radical (unpaired) electrons. The number of hydrogen-bond donors (Lipinski definition) is 0. The summed E-state index contributed by atoms with van der Waals surface area (Å²) in [4.78, 5) is 3.81. The Morgan fingerprint density at radius 2 is 1.37 bits per heavy atom. The molecule has 0 aliphatic heterocycles. The minimum atomic E-state index is -0.266. The molecular formula is C26H21S+. The first-order valence-corrected chi connectivity index (χ1v) is 10.2. The molecule has 0 aliphatic rings. The molecule has 0 heterocycles. The van der Waals surface area contributed by atoms with E-state index in [9.17, 15) is 0 Å². The highest BCUT2D eigenvalue weighted by Gasteiger charge is 2.31. The molecule has 130 valence electrons. The van der Waals surface area contributed by atoms with Crippen molar-refractivity contribution in [3.8, 4) is 0 Å². The number of benzene rings is 4. The summed E-state index contributed by atoms with van der Waals surface area (Å²) in [7, 11) is -0.266. The van der Waals surface area contributed by atoms with Crippen LogP contribution < -0.4 is 10.4 Å². The SMILES string of the molecule is C=C/C(=c1/ccccc1=C)[S+](c1ccccc1)c1cccc2ccccc12. The summed E-state index contributed by atoms with van der Waals surface area (Å²) < 4.78 is 0. The van der Waals surface area contributed by atoms with E-state index in [0.717, 1.165) is 10.4 Å². The van der Waals surface area contributed by atoms with Crippen LogP contribution in [0.4, 0.5) is 0 Å². The summed E-state index contributed by atoms with van der Waals surface area (Å²) in [6.07, 6.45) is 2.00. The van der Waals surface area contributed by atoms with Gasteiger partial charge in [-0.05, 0) is 47.0 Å². The first-order valence-electron chi connectivity index (χ1n) is 8.97. The highest BCUT2D eigenvalue weighted by Crippen LogP contribution is 2.35. The Balaban J connectivity index is 2.11. The fourth-order valence-electron chi connectivity index (χ4n) is 3.37. The van der Waals surface area contributed by atoms with Crippen LogP contribution in [0.15, 0.2) is 120 Å². The summed E-state index contributed by atoms with van der Waals surface area (Å²) in [5, 5.41) is 4.73. The second-order valence-electron chi connectivity index (χ2n) is 6.32. The van der Waals surface area contributed by atoms with E-state index >= 15 is 0 Å². The van der Waals surface area contributed by atoms with E-state index in [1.807, 2.05) is 12.1 Å². The van der Waals surface area contributed by atoms with Gasteiger partial charge in [-0.3, -0.25) is 0 Å². The van der Waals surface area contributed by atoms with Crippen LogP contribution >= 0.6 is 0 Å². The number of fused-ring (bicyclic) bond motifs is 1. The topological polar surface area (TPSA) is 0 Å². The molecule has 1 atom stereocenters. The Labute approximate surface area is 163 Å². The fourth-order valence-corrected chi connectivity index (χ4v) is 5.75. The highest BCUT2D eigenvalue weighted by molar-refractivity contribution is 8.05. The summed E-state index contributed by atoms with van der Waals surface area (Å²) >= 11 is 0. The zero-order valence-corrected chi connectivity index (χ0v) is 16.0. The van der Waals surface area contributed by atoms with E-state index in [0.29, 0.717) is 0 Å². The molecule has 1 unspecified atom stereocenters. The summed E-state index contributed by atoms with van der Waals surface area (Å²) in [5.74, 6) is 0. The van der Waals surface area contributed by atoms with Gasteiger partial charge in [-0.1, -0.05) is 79.9 Å². The van der Waals surface area contributed by atoms with Gasteiger partial charge in [0, 0.05) is 10.6 Å². The maximum Gasteiger partial charge on any atom is 0.174 e. The Kier molecular flexibility index (Phi) is 4.95. The van der Waals surface area contributed by atoms with Crippen molar-refractivity contribution < 1.29 is 0 Å². The fraction of sp³-hybridized carbons (Fsp3) is 0. The quantitative estimate of drug-likeness (QED) is 0.432. The van der Waals surface area contributed by atoms with Gasteiger partial charge < -0.3 is 0 Å². The molecule has 0 bridgehead atoms. The molecule has 0 aromatic heterocycles. The zero-order chi connectivity index (χ0) is 18.6. The molecule has 0 amide bonds. The van der Waals surface area contributed by atoms with Crippen LogP contribution in [0.2, 0.25) is 0 Å². The standard InChI is InChI=1S/C26H21S/c1-3-25(23-17-9-7-12-20(23)2)27(22-15-5-4-6-16-22)26-19-11-14-21-13-8-10-18-24(21)26/h3-19H,1-2H2/q+1/b25-23+. The van der Waals surface area contributed by atoms with Gasteiger partial charge in [0.2, 0.25) is 0 Å². The molecule has 4 aromatic rings. The largest absolute Gasteiger partial charge is 0.174 e. The summed E-state index contributed by atoms with van der Waals surface area (Å²) in [6.45, 7) is 8.43. The first kappa shape index (κ1) is 17.4. The van der Waals surface area contributed by atoms with Gasteiger partial charge >= 0.3 is 0 Å². The van der Waals surface area contributed by atoms with Crippen LogP contribution in [-0.4, -0.2) is 0 Å². The van der Waals surface area contributed by atoms with Crippen molar-refractivity contribution in [2.24, 2.45) is 0 Å². The minimum Gasteiger partial charge on any atom is -0.0940 e. The molecule has 1 heteroatoms. The van der Waals surface area contributed by atoms with Gasteiger partial charge in [-0.2, -0.15) is 0 Å². The van der Waals surface area contributed by atoms with Gasteiger partial charge in [-0.25, -0.2) is 0 Å². The van der Waals surface area contributed by atoms with Crippen molar-refractivity contribution in [1.29, 1.82) is 0 Å². The lowest BCUT2D eigenvalue weighted by molar-refractivity contribution is 1.41. The third-order valence-corrected chi connectivity index (χ3v) is 7.00. The third kappa shape index (κ3) is 3.34. The predicted octanol–water partition coefficient (Wildman–Crippen LogP) is 5.28. The average Bonchev–Trinajstić information content (AvgIpc) is 2.73. The van der Waals surface area contributed by atoms with E-state index in [1.165, 1.54) is 25.5 Å². The van der Waals surface area contributed by atoms with Gasteiger partial charge in [-0.15, -0.1) is 0 Å².